The van der Waals surface area contributed by atoms with Crippen molar-refractivity contribution >= 4 is 50.3 Å². The van der Waals surface area contributed by atoms with Gasteiger partial charge in [0.1, 0.15) is 16.3 Å². The minimum absolute atomic E-state index is 0. The van der Waals surface area contributed by atoms with Gasteiger partial charge in [-0.2, -0.15) is 0 Å². The van der Waals surface area contributed by atoms with Gasteiger partial charge in [-0.1, -0.05) is 32.6 Å². The van der Waals surface area contributed by atoms with Gasteiger partial charge in [0.2, 0.25) is 0 Å². The molecule has 0 unspecified atom stereocenters. The molecule has 0 bridgehead atoms. The molecule has 0 amide bonds. The average Bonchev–Trinajstić information content (AvgIpc) is 1.69. The molecule has 0 rings (SSSR count). The van der Waals surface area contributed by atoms with E-state index in [1.54, 1.807) is 0 Å². The molecule has 0 spiro atoms. The Morgan fingerprint density at radius 2 is 1.56 bits per heavy atom. The second kappa shape index (κ2) is 16.2. The number of unbranched alkanes of at least 4 members (excludes halogenated alkanes) is 3. The number of hydrogen-bond donors (Lipinski definition) is 0. The van der Waals surface area contributed by atoms with Crippen LogP contribution in [0.15, 0.2) is 0 Å². The van der Waals surface area contributed by atoms with Crippen molar-refractivity contribution in [2.45, 2.75) is 37.9 Å². The summed E-state index contributed by atoms with van der Waals surface area (Å²) in [6, 6.07) is 0. The van der Waals surface area contributed by atoms with E-state index in [-0.39, 0.29) is 34.0 Å². The van der Waals surface area contributed by atoms with Gasteiger partial charge in [0, 0.05) is 0 Å². The van der Waals surface area contributed by atoms with E-state index in [2.05, 4.69) is 23.2 Å². The predicted molar refractivity (Wildman–Crippen MR) is 55.3 cm³/mol. The Balaban J connectivity index is -0.000000180. The third kappa shape index (κ3) is 17.7. The monoisotopic (exact) mass is 272 g/mol. The minimum atomic E-state index is 0. The Morgan fingerprint density at radius 3 is 1.89 bits per heavy atom. The fourth-order valence-corrected chi connectivity index (χ4v) is 0.860. The zero-order valence-corrected chi connectivity index (χ0v) is 10.5. The first-order chi connectivity index (χ1) is 3.41. The molecule has 0 saturated carbocycles. The second-order valence-electron chi connectivity index (χ2n) is 1.85. The van der Waals surface area contributed by atoms with Crippen LogP contribution in [-0.4, -0.2) is 16.3 Å². The van der Waals surface area contributed by atoms with Gasteiger partial charge >= 0.3 is 0 Å². The summed E-state index contributed by atoms with van der Waals surface area (Å²) in [5.74, 6) is 0. The van der Waals surface area contributed by atoms with Crippen LogP contribution in [0.2, 0.25) is 5.28 Å². The fourth-order valence-electron chi connectivity index (χ4n) is 0.571. The second-order valence-corrected chi connectivity index (χ2v) is 2.43. The highest BCUT2D eigenvalue weighted by molar-refractivity contribution is 8.93. The lowest BCUT2D eigenvalue weighted by atomic mass is 10.2. The van der Waals surface area contributed by atoms with Crippen LogP contribution in [0.25, 0.3) is 0 Å². The van der Waals surface area contributed by atoms with Crippen molar-refractivity contribution < 1.29 is 0 Å². The van der Waals surface area contributed by atoms with Gasteiger partial charge in [0.25, 0.3) is 0 Å². The maximum atomic E-state index is 2.75. The van der Waals surface area contributed by atoms with Gasteiger partial charge in [-0.3, -0.25) is 0 Å². The lowest BCUT2D eigenvalue weighted by molar-refractivity contribution is 0.701. The Morgan fingerprint density at radius 1 is 1.00 bits per heavy atom. The molecule has 56 valence electrons. The summed E-state index contributed by atoms with van der Waals surface area (Å²) in [5.41, 5.74) is 0. The number of hydrogen-bond acceptors (Lipinski definition) is 0. The fraction of sp³-hybridized carbons (Fsp3) is 1.00. The quantitative estimate of drug-likeness (QED) is 0.545. The molecule has 0 N–H and O–H groups in total. The van der Waals surface area contributed by atoms with Crippen molar-refractivity contribution in [1.29, 1.82) is 0 Å². The molecule has 0 aromatic carbocycles. The smallest absolute Gasteiger partial charge is 0.118 e. The summed E-state index contributed by atoms with van der Waals surface area (Å²) in [6.45, 7) is 2.24. The van der Waals surface area contributed by atoms with E-state index >= 15 is 0 Å². The lowest BCUT2D eigenvalue weighted by Crippen LogP contribution is -1.72. The highest BCUT2D eigenvalue weighted by Crippen LogP contribution is 1.99. The Bertz CT molecular complexity index is 30.2. The molecule has 3 heteroatoms. The van der Waals surface area contributed by atoms with Crippen molar-refractivity contribution in [3.8, 4) is 0 Å². The largest absolute Gasteiger partial charge is 0.118 e. The van der Waals surface area contributed by atoms with Gasteiger partial charge < -0.3 is 0 Å². The van der Waals surface area contributed by atoms with Crippen LogP contribution >= 0.6 is 34.0 Å². The third-order valence-corrected chi connectivity index (χ3v) is 1.47. The maximum Gasteiger partial charge on any atom is 0.118 e. The molecule has 2 radical (unpaired) electrons. The lowest BCUT2D eigenvalue weighted by Gasteiger charge is -1.91. The van der Waals surface area contributed by atoms with E-state index < -0.39 is 0 Å². The van der Waals surface area contributed by atoms with Crippen LogP contribution in [0.3, 0.4) is 0 Å². The standard InChI is InChI=1S/C6H13.Al.2BrH/c1-3-5-6-4-2;;;/h1,3-6H2,2H3;;2*1H. The molecule has 0 aliphatic rings. The van der Waals surface area contributed by atoms with Gasteiger partial charge in [-0.15, -0.1) is 39.2 Å². The molecular weight excluding hydrogens is 259 g/mol. The van der Waals surface area contributed by atoms with Crippen molar-refractivity contribution in [3.05, 3.63) is 0 Å². The van der Waals surface area contributed by atoms with Gasteiger partial charge in [-0.25, -0.2) is 0 Å². The van der Waals surface area contributed by atoms with Gasteiger partial charge in [0.15, 0.2) is 0 Å². The molecule has 0 aliphatic heterocycles. The van der Waals surface area contributed by atoms with E-state index in [1.165, 1.54) is 31.0 Å². The summed E-state index contributed by atoms with van der Waals surface area (Å²) >= 11 is 2.75. The first-order valence-corrected chi connectivity index (χ1v) is 3.93. The van der Waals surface area contributed by atoms with Crippen LogP contribution in [0.4, 0.5) is 0 Å². The molecular formula is C6H15AlBr2. The van der Waals surface area contributed by atoms with E-state index in [0.29, 0.717) is 0 Å². The molecule has 0 heterocycles. The van der Waals surface area contributed by atoms with Crippen LogP contribution in [0.5, 0.6) is 0 Å². The van der Waals surface area contributed by atoms with Gasteiger partial charge in [-0.05, 0) is 0 Å². The summed E-state index contributed by atoms with van der Waals surface area (Å²) in [4.78, 5) is 0. The van der Waals surface area contributed by atoms with E-state index in [4.69, 9.17) is 0 Å². The molecule has 0 fully saturated rings. The zero-order chi connectivity index (χ0) is 5.54. The summed E-state index contributed by atoms with van der Waals surface area (Å²) in [6.07, 6.45) is 5.57. The van der Waals surface area contributed by atoms with Crippen molar-refractivity contribution in [3.63, 3.8) is 0 Å². The summed E-state index contributed by atoms with van der Waals surface area (Å²) in [5, 5.41) is 1.28. The Labute approximate surface area is 87.8 Å². The Kier molecular flexibility index (Phi) is 30.4. The third-order valence-electron chi connectivity index (χ3n) is 1.06. The van der Waals surface area contributed by atoms with Crippen LogP contribution in [-0.2, 0) is 0 Å². The van der Waals surface area contributed by atoms with E-state index in [0.717, 1.165) is 0 Å². The molecule has 0 aromatic rings. The molecule has 0 atom stereocenters. The number of halogens is 2. The molecule has 0 nitrogen and oxygen atoms in total. The molecule has 0 aromatic heterocycles. The number of rotatable bonds is 4. The predicted octanol–water partition coefficient (Wildman–Crippen LogP) is 3.31. The van der Waals surface area contributed by atoms with Crippen LogP contribution < -0.4 is 0 Å². The summed E-state index contributed by atoms with van der Waals surface area (Å²) < 4.78 is 0. The first kappa shape index (κ1) is 16.8. The Hall–Kier alpha value is 1.49. The SMILES string of the molecule is Br.Br.CCCCC[CH2][Al]. The van der Waals surface area contributed by atoms with E-state index in [9.17, 15) is 0 Å². The average molecular weight is 274 g/mol. The van der Waals surface area contributed by atoms with Crippen LogP contribution in [0, 0.1) is 0 Å². The van der Waals surface area contributed by atoms with E-state index in [1.807, 2.05) is 0 Å². The van der Waals surface area contributed by atoms with Gasteiger partial charge in [0.05, 0.1) is 0 Å². The van der Waals surface area contributed by atoms with Crippen LogP contribution in [0.1, 0.15) is 32.6 Å². The normalized spacial score (nSPS) is 7.22. The molecule has 9 heavy (non-hydrogen) atoms. The maximum absolute atomic E-state index is 2.75. The van der Waals surface area contributed by atoms with Crippen molar-refractivity contribution in [2.75, 3.05) is 0 Å². The minimum Gasteiger partial charge on any atom is -0.118 e. The molecule has 0 aliphatic carbocycles. The molecule has 0 saturated heterocycles. The highest BCUT2D eigenvalue weighted by Gasteiger charge is 1.79. The highest BCUT2D eigenvalue weighted by atomic mass is 79.9. The summed E-state index contributed by atoms with van der Waals surface area (Å²) in [7, 11) is 0. The van der Waals surface area contributed by atoms with Crippen molar-refractivity contribution in [2.24, 2.45) is 0 Å². The van der Waals surface area contributed by atoms with Crippen molar-refractivity contribution in [1.82, 2.24) is 0 Å². The zero-order valence-electron chi connectivity index (χ0n) is 5.93. The first-order valence-electron chi connectivity index (χ1n) is 3.12. The topological polar surface area (TPSA) is 0 Å².